The number of rotatable bonds is 6. The first-order valence-electron chi connectivity index (χ1n) is 7.95. The summed E-state index contributed by atoms with van der Waals surface area (Å²) in [5.41, 5.74) is 3.75. The minimum atomic E-state index is 0.447. The molecule has 3 rings (SSSR count). The Balaban J connectivity index is 1.89. The third-order valence-corrected chi connectivity index (χ3v) is 3.70. The second-order valence-corrected chi connectivity index (χ2v) is 5.47. The monoisotopic (exact) mass is 318 g/mol. The van der Waals surface area contributed by atoms with E-state index in [1.165, 1.54) is 5.57 Å². The molecule has 0 bridgehead atoms. The number of hydrogen-bond acceptors (Lipinski definition) is 4. The standard InChI is InChI=1S/C20H18N2O2/c1-2-6-18(16-7-4-3-5-8-16)13-19-21-22-20(24-19)17-11-9-15(14-23)10-12-17/h3-5,7-14H,2,6H2,1H3/b18-13+. The van der Waals surface area contributed by atoms with E-state index in [1.54, 1.807) is 24.3 Å². The molecule has 24 heavy (non-hydrogen) atoms. The highest BCUT2D eigenvalue weighted by atomic mass is 16.4. The van der Waals surface area contributed by atoms with Crippen molar-refractivity contribution in [2.24, 2.45) is 0 Å². The van der Waals surface area contributed by atoms with E-state index in [1.807, 2.05) is 24.3 Å². The van der Waals surface area contributed by atoms with Crippen molar-refractivity contribution in [2.75, 3.05) is 0 Å². The molecule has 120 valence electrons. The van der Waals surface area contributed by atoms with Crippen LogP contribution in [-0.2, 0) is 0 Å². The van der Waals surface area contributed by atoms with Crippen molar-refractivity contribution in [3.63, 3.8) is 0 Å². The molecule has 1 heterocycles. The van der Waals surface area contributed by atoms with Crippen LogP contribution >= 0.6 is 0 Å². The first-order chi connectivity index (χ1) is 11.8. The Morgan fingerprint density at radius 2 is 1.79 bits per heavy atom. The van der Waals surface area contributed by atoms with Crippen molar-refractivity contribution in [3.8, 4) is 11.5 Å². The van der Waals surface area contributed by atoms with Crippen LogP contribution in [0.25, 0.3) is 23.1 Å². The van der Waals surface area contributed by atoms with Crippen LogP contribution in [0.2, 0.25) is 0 Å². The Kier molecular flexibility index (Phi) is 4.96. The van der Waals surface area contributed by atoms with Gasteiger partial charge in [0.15, 0.2) is 0 Å². The third kappa shape index (κ3) is 3.66. The summed E-state index contributed by atoms with van der Waals surface area (Å²) in [7, 11) is 0. The van der Waals surface area contributed by atoms with E-state index >= 15 is 0 Å². The number of allylic oxidation sites excluding steroid dienone is 1. The predicted octanol–water partition coefficient (Wildman–Crippen LogP) is 4.89. The molecule has 2 aromatic carbocycles. The Bertz CT molecular complexity index is 834. The summed E-state index contributed by atoms with van der Waals surface area (Å²) in [5, 5.41) is 8.22. The minimum absolute atomic E-state index is 0.447. The zero-order valence-electron chi connectivity index (χ0n) is 13.5. The van der Waals surface area contributed by atoms with Crippen LogP contribution in [0.3, 0.4) is 0 Å². The summed E-state index contributed by atoms with van der Waals surface area (Å²) in [6.45, 7) is 2.14. The molecule has 3 aromatic rings. The summed E-state index contributed by atoms with van der Waals surface area (Å²) in [6.07, 6.45) is 4.72. The molecule has 0 aliphatic rings. The lowest BCUT2D eigenvalue weighted by atomic mass is 10.0. The zero-order chi connectivity index (χ0) is 16.8. The van der Waals surface area contributed by atoms with Gasteiger partial charge >= 0.3 is 0 Å². The highest BCUT2D eigenvalue weighted by Gasteiger charge is 2.09. The molecular weight excluding hydrogens is 300 g/mol. The Morgan fingerprint density at radius 3 is 2.46 bits per heavy atom. The van der Waals surface area contributed by atoms with Crippen LogP contribution in [0.4, 0.5) is 0 Å². The quantitative estimate of drug-likeness (QED) is 0.607. The van der Waals surface area contributed by atoms with Crippen LogP contribution in [0, 0.1) is 0 Å². The van der Waals surface area contributed by atoms with Crippen LogP contribution in [0.5, 0.6) is 0 Å². The number of carbonyl (C=O) groups is 1. The molecule has 0 unspecified atom stereocenters. The van der Waals surface area contributed by atoms with Crippen LogP contribution in [0.1, 0.15) is 41.6 Å². The van der Waals surface area contributed by atoms with Crippen molar-refractivity contribution in [3.05, 3.63) is 71.6 Å². The number of aldehydes is 1. The van der Waals surface area contributed by atoms with Gasteiger partial charge in [0.05, 0.1) is 0 Å². The van der Waals surface area contributed by atoms with Crippen molar-refractivity contribution >= 4 is 17.9 Å². The van der Waals surface area contributed by atoms with Gasteiger partial charge in [0, 0.05) is 17.2 Å². The van der Waals surface area contributed by atoms with Gasteiger partial charge in [-0.05, 0) is 29.7 Å². The van der Waals surface area contributed by atoms with E-state index in [2.05, 4.69) is 29.3 Å². The Hall–Kier alpha value is -3.01. The molecule has 0 spiro atoms. The number of nitrogens with zero attached hydrogens (tertiary/aromatic N) is 2. The maximum absolute atomic E-state index is 10.7. The van der Waals surface area contributed by atoms with E-state index in [0.29, 0.717) is 17.3 Å². The van der Waals surface area contributed by atoms with Gasteiger partial charge in [-0.3, -0.25) is 4.79 Å². The topological polar surface area (TPSA) is 56.0 Å². The largest absolute Gasteiger partial charge is 0.417 e. The fourth-order valence-electron chi connectivity index (χ4n) is 2.48. The third-order valence-electron chi connectivity index (χ3n) is 3.70. The summed E-state index contributed by atoms with van der Waals surface area (Å²) in [4.78, 5) is 10.7. The van der Waals surface area contributed by atoms with Gasteiger partial charge in [0.2, 0.25) is 11.8 Å². The van der Waals surface area contributed by atoms with Gasteiger partial charge in [-0.1, -0.05) is 55.8 Å². The smallest absolute Gasteiger partial charge is 0.248 e. The molecule has 0 fully saturated rings. The molecule has 4 nitrogen and oxygen atoms in total. The maximum Gasteiger partial charge on any atom is 0.248 e. The summed E-state index contributed by atoms with van der Waals surface area (Å²) in [5.74, 6) is 0.930. The molecule has 0 saturated heterocycles. The van der Waals surface area contributed by atoms with E-state index < -0.39 is 0 Å². The molecule has 0 amide bonds. The van der Waals surface area contributed by atoms with Gasteiger partial charge in [0.25, 0.3) is 0 Å². The van der Waals surface area contributed by atoms with Crippen molar-refractivity contribution in [1.82, 2.24) is 10.2 Å². The second kappa shape index (κ2) is 7.51. The van der Waals surface area contributed by atoms with E-state index in [9.17, 15) is 4.79 Å². The van der Waals surface area contributed by atoms with Crippen molar-refractivity contribution < 1.29 is 9.21 Å². The zero-order valence-corrected chi connectivity index (χ0v) is 13.5. The molecule has 4 heteroatoms. The van der Waals surface area contributed by atoms with Crippen LogP contribution in [-0.4, -0.2) is 16.5 Å². The Labute approximate surface area is 140 Å². The molecule has 0 N–H and O–H groups in total. The van der Waals surface area contributed by atoms with Gasteiger partial charge in [-0.2, -0.15) is 0 Å². The maximum atomic E-state index is 10.7. The molecule has 0 aliphatic carbocycles. The number of aromatic nitrogens is 2. The first-order valence-corrected chi connectivity index (χ1v) is 7.95. The lowest BCUT2D eigenvalue weighted by molar-refractivity contribution is 0.112. The normalized spacial score (nSPS) is 11.5. The summed E-state index contributed by atoms with van der Waals surface area (Å²) >= 11 is 0. The summed E-state index contributed by atoms with van der Waals surface area (Å²) < 4.78 is 5.75. The number of carbonyl (C=O) groups excluding carboxylic acids is 1. The predicted molar refractivity (Wildman–Crippen MR) is 94.3 cm³/mol. The van der Waals surface area contributed by atoms with Crippen molar-refractivity contribution in [2.45, 2.75) is 19.8 Å². The van der Waals surface area contributed by atoms with Gasteiger partial charge in [0.1, 0.15) is 6.29 Å². The second-order valence-electron chi connectivity index (χ2n) is 5.47. The highest BCUT2D eigenvalue weighted by Crippen LogP contribution is 2.24. The molecule has 0 saturated carbocycles. The lowest BCUT2D eigenvalue weighted by Crippen LogP contribution is -1.84. The SMILES string of the molecule is CCC/C(=C\c1nnc(-c2ccc(C=O)cc2)o1)c1ccccc1. The van der Waals surface area contributed by atoms with E-state index in [-0.39, 0.29) is 0 Å². The minimum Gasteiger partial charge on any atom is -0.417 e. The van der Waals surface area contributed by atoms with E-state index in [4.69, 9.17) is 4.42 Å². The van der Waals surface area contributed by atoms with E-state index in [0.717, 1.165) is 30.3 Å². The van der Waals surface area contributed by atoms with Crippen LogP contribution in [0.15, 0.2) is 59.0 Å². The fraction of sp³-hybridized carbons (Fsp3) is 0.150. The number of hydrogen-bond donors (Lipinski definition) is 0. The summed E-state index contributed by atoms with van der Waals surface area (Å²) in [6, 6.07) is 17.3. The van der Waals surface area contributed by atoms with Gasteiger partial charge in [-0.25, -0.2) is 0 Å². The van der Waals surface area contributed by atoms with Gasteiger partial charge in [-0.15, -0.1) is 10.2 Å². The molecule has 0 atom stereocenters. The van der Waals surface area contributed by atoms with Gasteiger partial charge < -0.3 is 4.42 Å². The molecular formula is C20H18N2O2. The van der Waals surface area contributed by atoms with Crippen LogP contribution < -0.4 is 0 Å². The lowest BCUT2D eigenvalue weighted by Gasteiger charge is -2.04. The molecule has 0 radical (unpaired) electrons. The first kappa shape index (κ1) is 15.9. The fourth-order valence-corrected chi connectivity index (χ4v) is 2.48. The number of benzene rings is 2. The average molecular weight is 318 g/mol. The molecule has 1 aromatic heterocycles. The van der Waals surface area contributed by atoms with Crippen molar-refractivity contribution in [1.29, 1.82) is 0 Å². The molecule has 0 aliphatic heterocycles. The Morgan fingerprint density at radius 1 is 1.04 bits per heavy atom. The average Bonchev–Trinajstić information content (AvgIpc) is 3.11. The highest BCUT2D eigenvalue weighted by molar-refractivity contribution is 5.79.